The first-order valence-corrected chi connectivity index (χ1v) is 7.29. The van der Waals surface area contributed by atoms with E-state index in [0.29, 0.717) is 22.6 Å². The van der Waals surface area contributed by atoms with Crippen molar-refractivity contribution in [1.29, 1.82) is 0 Å². The first kappa shape index (κ1) is 14.0. The van der Waals surface area contributed by atoms with Gasteiger partial charge < -0.3 is 5.32 Å². The first-order chi connectivity index (χ1) is 11.8. The number of anilines is 1. The Kier molecular flexibility index (Phi) is 3.43. The van der Waals surface area contributed by atoms with Gasteiger partial charge in [-0.05, 0) is 24.3 Å². The van der Waals surface area contributed by atoms with E-state index in [1.807, 2.05) is 36.4 Å². The molecule has 0 saturated carbocycles. The number of hydrogen-bond acceptors (Lipinski definition) is 5. The number of nitrogens with one attached hydrogen (secondary N) is 2. The zero-order valence-electron chi connectivity index (χ0n) is 12.5. The fraction of sp³-hybridized carbons (Fsp3) is 0. The molecule has 0 aliphatic rings. The van der Waals surface area contributed by atoms with E-state index >= 15 is 0 Å². The van der Waals surface area contributed by atoms with Gasteiger partial charge in [-0.3, -0.25) is 19.9 Å². The molecule has 4 aromatic rings. The molecule has 0 fully saturated rings. The quantitative estimate of drug-likeness (QED) is 0.605. The van der Waals surface area contributed by atoms with E-state index in [-0.39, 0.29) is 11.6 Å². The molecule has 0 radical (unpaired) electrons. The summed E-state index contributed by atoms with van der Waals surface area (Å²) in [6.07, 6.45) is 6.45. The lowest BCUT2D eigenvalue weighted by molar-refractivity contribution is 0.102. The van der Waals surface area contributed by atoms with Crippen LogP contribution >= 0.6 is 0 Å². The molecular weight excluding hydrogens is 304 g/mol. The average Bonchev–Trinajstić information content (AvgIpc) is 3.10. The number of amides is 1. The summed E-state index contributed by atoms with van der Waals surface area (Å²) in [5.74, 6) is -0.349. The Morgan fingerprint density at radius 2 is 1.88 bits per heavy atom. The number of carbonyl (C=O) groups is 1. The lowest BCUT2D eigenvalue weighted by Gasteiger charge is -2.06. The number of aromatic amines is 1. The minimum atomic E-state index is -0.349. The fourth-order valence-electron chi connectivity index (χ4n) is 2.44. The van der Waals surface area contributed by atoms with E-state index in [1.54, 1.807) is 24.8 Å². The minimum absolute atomic E-state index is 0.265. The summed E-state index contributed by atoms with van der Waals surface area (Å²) in [6.45, 7) is 0. The third-order valence-corrected chi connectivity index (χ3v) is 3.54. The molecular formula is C17H12N6O. The molecule has 0 spiro atoms. The van der Waals surface area contributed by atoms with E-state index in [9.17, 15) is 4.79 Å². The number of hydrogen-bond donors (Lipinski definition) is 2. The van der Waals surface area contributed by atoms with Gasteiger partial charge in [0.05, 0.1) is 17.6 Å². The summed E-state index contributed by atoms with van der Waals surface area (Å²) >= 11 is 0. The second-order valence-corrected chi connectivity index (χ2v) is 5.06. The van der Waals surface area contributed by atoms with Gasteiger partial charge in [0.25, 0.3) is 5.91 Å². The van der Waals surface area contributed by atoms with Crippen LogP contribution in [0.25, 0.3) is 22.3 Å². The van der Waals surface area contributed by atoms with Gasteiger partial charge in [-0.15, -0.1) is 0 Å². The Morgan fingerprint density at radius 1 is 0.958 bits per heavy atom. The van der Waals surface area contributed by atoms with E-state index in [4.69, 9.17) is 0 Å². The molecule has 7 heteroatoms. The molecule has 0 bridgehead atoms. The van der Waals surface area contributed by atoms with Crippen molar-refractivity contribution in [2.24, 2.45) is 0 Å². The smallest absolute Gasteiger partial charge is 0.276 e. The molecule has 0 saturated heterocycles. The molecule has 0 aromatic carbocycles. The van der Waals surface area contributed by atoms with Crippen LogP contribution in [0.1, 0.15) is 10.5 Å². The Balaban J connectivity index is 1.69. The summed E-state index contributed by atoms with van der Waals surface area (Å²) in [7, 11) is 0. The minimum Gasteiger partial charge on any atom is -0.317 e. The Bertz CT molecular complexity index is 1010. The summed E-state index contributed by atoms with van der Waals surface area (Å²) in [4.78, 5) is 25.3. The normalized spacial score (nSPS) is 10.7. The second-order valence-electron chi connectivity index (χ2n) is 5.06. The monoisotopic (exact) mass is 316 g/mol. The van der Waals surface area contributed by atoms with Gasteiger partial charge >= 0.3 is 0 Å². The molecule has 0 atom stereocenters. The maximum absolute atomic E-state index is 12.6. The van der Waals surface area contributed by atoms with E-state index in [0.717, 1.165) is 5.39 Å². The highest BCUT2D eigenvalue weighted by Gasteiger charge is 2.16. The highest BCUT2D eigenvalue weighted by atomic mass is 16.1. The van der Waals surface area contributed by atoms with Gasteiger partial charge in [-0.2, -0.15) is 5.10 Å². The zero-order chi connectivity index (χ0) is 16.4. The topological polar surface area (TPSA) is 96.5 Å². The van der Waals surface area contributed by atoms with Gasteiger partial charge in [0.15, 0.2) is 5.69 Å². The SMILES string of the molecule is O=C(Nc1cn[nH]c1-c1ccccn1)c1nccc2cccnc12. The van der Waals surface area contributed by atoms with Crippen molar-refractivity contribution in [2.45, 2.75) is 0 Å². The van der Waals surface area contributed by atoms with E-state index in [1.165, 1.54) is 0 Å². The maximum atomic E-state index is 12.6. The standard InChI is InChI=1S/C17H12N6O/c24-17(16-14-11(6-9-20-16)4-3-8-19-14)22-13-10-21-23-15(13)12-5-1-2-7-18-12/h1-10H,(H,21,23)(H,22,24). The van der Waals surface area contributed by atoms with Crippen molar-refractivity contribution < 1.29 is 4.79 Å². The molecule has 0 aliphatic carbocycles. The molecule has 4 heterocycles. The highest BCUT2D eigenvalue weighted by molar-refractivity contribution is 6.11. The van der Waals surface area contributed by atoms with Crippen molar-refractivity contribution >= 4 is 22.5 Å². The van der Waals surface area contributed by atoms with Crippen molar-refractivity contribution in [3.63, 3.8) is 0 Å². The molecule has 0 unspecified atom stereocenters. The summed E-state index contributed by atoms with van der Waals surface area (Å²) in [5, 5.41) is 10.5. The van der Waals surface area contributed by atoms with Crippen molar-refractivity contribution in [3.8, 4) is 11.4 Å². The molecule has 4 rings (SSSR count). The van der Waals surface area contributed by atoms with Gasteiger partial charge in [0.2, 0.25) is 0 Å². The number of carbonyl (C=O) groups excluding carboxylic acids is 1. The number of nitrogens with zero attached hydrogens (tertiary/aromatic N) is 4. The molecule has 7 nitrogen and oxygen atoms in total. The maximum Gasteiger partial charge on any atom is 0.276 e. The lowest BCUT2D eigenvalue weighted by Crippen LogP contribution is -2.14. The number of pyridine rings is 3. The third kappa shape index (κ3) is 2.48. The van der Waals surface area contributed by atoms with Gasteiger partial charge in [-0.25, -0.2) is 4.98 Å². The van der Waals surface area contributed by atoms with E-state index < -0.39 is 0 Å². The number of rotatable bonds is 3. The summed E-state index contributed by atoms with van der Waals surface area (Å²) in [5.41, 5.74) is 2.68. The van der Waals surface area contributed by atoms with Crippen molar-refractivity contribution in [2.75, 3.05) is 5.32 Å². The van der Waals surface area contributed by atoms with Crippen LogP contribution in [0, 0.1) is 0 Å². The highest BCUT2D eigenvalue weighted by Crippen LogP contribution is 2.24. The molecule has 2 N–H and O–H groups in total. The Hall–Kier alpha value is -3.61. The Labute approximate surface area is 136 Å². The van der Waals surface area contributed by atoms with Crippen LogP contribution in [0.4, 0.5) is 5.69 Å². The van der Waals surface area contributed by atoms with Gasteiger partial charge in [0.1, 0.15) is 11.2 Å². The lowest BCUT2D eigenvalue weighted by atomic mass is 10.2. The zero-order valence-corrected chi connectivity index (χ0v) is 12.5. The molecule has 4 aromatic heterocycles. The first-order valence-electron chi connectivity index (χ1n) is 7.29. The van der Waals surface area contributed by atoms with Crippen molar-refractivity contribution in [1.82, 2.24) is 25.1 Å². The largest absolute Gasteiger partial charge is 0.317 e. The number of aromatic nitrogens is 5. The molecule has 116 valence electrons. The van der Waals surface area contributed by atoms with Crippen LogP contribution in [0.5, 0.6) is 0 Å². The van der Waals surface area contributed by atoms with Crippen molar-refractivity contribution in [3.05, 3.63) is 66.9 Å². The van der Waals surface area contributed by atoms with Crippen LogP contribution in [-0.2, 0) is 0 Å². The number of H-pyrrole nitrogens is 1. The van der Waals surface area contributed by atoms with E-state index in [2.05, 4.69) is 30.5 Å². The van der Waals surface area contributed by atoms with Gasteiger partial charge in [-0.1, -0.05) is 12.1 Å². The van der Waals surface area contributed by atoms with Crippen LogP contribution in [0.3, 0.4) is 0 Å². The summed E-state index contributed by atoms with van der Waals surface area (Å²) in [6, 6.07) is 11.0. The average molecular weight is 316 g/mol. The molecule has 24 heavy (non-hydrogen) atoms. The Morgan fingerprint density at radius 3 is 2.75 bits per heavy atom. The predicted octanol–water partition coefficient (Wildman–Crippen LogP) is 2.67. The second kappa shape index (κ2) is 5.88. The third-order valence-electron chi connectivity index (χ3n) is 3.54. The van der Waals surface area contributed by atoms with Crippen LogP contribution < -0.4 is 5.32 Å². The van der Waals surface area contributed by atoms with Crippen LogP contribution in [-0.4, -0.2) is 31.1 Å². The number of fused-ring (bicyclic) bond motifs is 1. The fourth-order valence-corrected chi connectivity index (χ4v) is 2.44. The van der Waals surface area contributed by atoms with Crippen LogP contribution in [0.15, 0.2) is 61.2 Å². The summed E-state index contributed by atoms with van der Waals surface area (Å²) < 4.78 is 0. The predicted molar refractivity (Wildman–Crippen MR) is 89.3 cm³/mol. The van der Waals surface area contributed by atoms with Gasteiger partial charge in [0, 0.05) is 24.0 Å². The molecule has 1 amide bonds. The molecule has 0 aliphatic heterocycles. The van der Waals surface area contributed by atoms with Crippen LogP contribution in [0.2, 0.25) is 0 Å².